The largest absolute Gasteiger partial charge is 0.489 e. The summed E-state index contributed by atoms with van der Waals surface area (Å²) < 4.78 is 11.4. The summed E-state index contributed by atoms with van der Waals surface area (Å²) >= 11 is 1.53. The minimum atomic E-state index is -0.0541. The second-order valence-electron chi connectivity index (χ2n) is 6.65. The lowest BCUT2D eigenvalue weighted by Crippen LogP contribution is -2.24. The van der Waals surface area contributed by atoms with E-state index in [0.29, 0.717) is 19.8 Å². The average Bonchev–Trinajstić information content (AvgIpc) is 3.21. The van der Waals surface area contributed by atoms with Gasteiger partial charge in [-0.05, 0) is 37.1 Å². The Labute approximate surface area is 175 Å². The van der Waals surface area contributed by atoms with Crippen LogP contribution >= 0.6 is 11.3 Å². The van der Waals surface area contributed by atoms with Crippen LogP contribution in [0.2, 0.25) is 0 Å². The number of benzene rings is 2. The summed E-state index contributed by atoms with van der Waals surface area (Å²) in [5.74, 6) is 0.733. The first-order chi connectivity index (χ1) is 14.1. The van der Waals surface area contributed by atoms with Crippen molar-refractivity contribution in [3.05, 3.63) is 81.8 Å². The highest BCUT2D eigenvalue weighted by Gasteiger charge is 2.12. The summed E-state index contributed by atoms with van der Waals surface area (Å²) in [5, 5.41) is 5.77. The Morgan fingerprint density at radius 1 is 1.14 bits per heavy atom. The van der Waals surface area contributed by atoms with Crippen LogP contribution in [0.15, 0.2) is 60.0 Å². The van der Waals surface area contributed by atoms with Crippen LogP contribution in [-0.4, -0.2) is 17.5 Å². The summed E-state index contributed by atoms with van der Waals surface area (Å²) in [6, 6.07) is 17.8. The van der Waals surface area contributed by atoms with Crippen LogP contribution < -0.4 is 10.1 Å². The highest BCUT2D eigenvalue weighted by Crippen LogP contribution is 2.21. The molecule has 6 heteroatoms. The fourth-order valence-electron chi connectivity index (χ4n) is 2.83. The molecule has 1 unspecified atom stereocenters. The van der Waals surface area contributed by atoms with Crippen LogP contribution in [0.1, 0.15) is 41.8 Å². The number of nitrogens with zero attached hydrogens (tertiary/aromatic N) is 1. The van der Waals surface area contributed by atoms with Gasteiger partial charge in [0.25, 0.3) is 0 Å². The second kappa shape index (κ2) is 10.7. The van der Waals surface area contributed by atoms with Crippen molar-refractivity contribution in [3.63, 3.8) is 0 Å². The molecule has 152 valence electrons. The van der Waals surface area contributed by atoms with Gasteiger partial charge in [0, 0.05) is 18.5 Å². The highest BCUT2D eigenvalue weighted by atomic mass is 32.1. The number of amides is 1. The number of carbonyl (C=O) groups is 1. The lowest BCUT2D eigenvalue weighted by molar-refractivity contribution is -0.120. The van der Waals surface area contributed by atoms with Gasteiger partial charge >= 0.3 is 0 Å². The zero-order chi connectivity index (χ0) is 20.5. The maximum atomic E-state index is 12.3. The quantitative estimate of drug-likeness (QED) is 0.527. The molecule has 0 radical (unpaired) electrons. The van der Waals surface area contributed by atoms with Crippen molar-refractivity contribution in [2.24, 2.45) is 0 Å². The summed E-state index contributed by atoms with van der Waals surface area (Å²) in [7, 11) is 0. The number of carbonyl (C=O) groups excluding carboxylic acids is 1. The number of aromatic nitrogens is 1. The molecule has 3 aromatic rings. The van der Waals surface area contributed by atoms with E-state index in [2.05, 4.69) is 10.3 Å². The van der Waals surface area contributed by atoms with Crippen LogP contribution in [-0.2, 0) is 29.1 Å². The number of rotatable bonds is 10. The average molecular weight is 411 g/mol. The van der Waals surface area contributed by atoms with Crippen molar-refractivity contribution in [3.8, 4) is 5.75 Å². The Morgan fingerprint density at radius 3 is 2.72 bits per heavy atom. The smallest absolute Gasteiger partial charge is 0.226 e. The van der Waals surface area contributed by atoms with Gasteiger partial charge < -0.3 is 14.8 Å². The fourth-order valence-corrected chi connectivity index (χ4v) is 3.65. The summed E-state index contributed by atoms with van der Waals surface area (Å²) in [5.41, 5.74) is 2.88. The molecule has 0 aliphatic rings. The van der Waals surface area contributed by atoms with Crippen molar-refractivity contribution in [2.75, 3.05) is 6.61 Å². The van der Waals surface area contributed by atoms with Crippen molar-refractivity contribution in [2.45, 2.75) is 39.5 Å². The molecule has 3 rings (SSSR count). The first kappa shape index (κ1) is 21.0. The van der Waals surface area contributed by atoms with E-state index in [1.54, 1.807) is 0 Å². The van der Waals surface area contributed by atoms with Gasteiger partial charge in [0.15, 0.2) is 0 Å². The molecule has 0 saturated carbocycles. The van der Waals surface area contributed by atoms with Crippen LogP contribution in [0.5, 0.6) is 5.75 Å². The summed E-state index contributed by atoms with van der Waals surface area (Å²) in [6.07, 6.45) is 0.222. The molecule has 5 nitrogen and oxygen atoms in total. The maximum Gasteiger partial charge on any atom is 0.226 e. The monoisotopic (exact) mass is 410 g/mol. The lowest BCUT2D eigenvalue weighted by atomic mass is 10.2. The summed E-state index contributed by atoms with van der Waals surface area (Å²) in [6.45, 7) is 5.54. The van der Waals surface area contributed by atoms with E-state index in [9.17, 15) is 4.79 Å². The van der Waals surface area contributed by atoms with Gasteiger partial charge in [-0.2, -0.15) is 0 Å². The third-order valence-electron chi connectivity index (χ3n) is 4.31. The van der Waals surface area contributed by atoms with Crippen molar-refractivity contribution in [1.29, 1.82) is 0 Å². The van der Waals surface area contributed by atoms with Crippen LogP contribution in [0.3, 0.4) is 0 Å². The second-order valence-corrected chi connectivity index (χ2v) is 7.54. The Balaban J connectivity index is 1.47. The normalized spacial score (nSPS) is 11.8. The van der Waals surface area contributed by atoms with Gasteiger partial charge in [-0.1, -0.05) is 42.5 Å². The molecule has 0 spiro atoms. The molecule has 0 fully saturated rings. The molecule has 0 aliphatic heterocycles. The first-order valence-corrected chi connectivity index (χ1v) is 10.6. The SMILES string of the molecule is CCOC(C)c1nc(CC(=O)NCc2cccc(OCc3ccccc3)c2)cs1. The van der Waals surface area contributed by atoms with E-state index in [4.69, 9.17) is 9.47 Å². The van der Waals surface area contributed by atoms with Gasteiger partial charge in [-0.15, -0.1) is 11.3 Å². The van der Waals surface area contributed by atoms with Crippen molar-refractivity contribution < 1.29 is 14.3 Å². The number of ether oxygens (including phenoxy) is 2. The minimum Gasteiger partial charge on any atom is -0.489 e. The molecular formula is C23H26N2O3S. The van der Waals surface area contributed by atoms with Gasteiger partial charge in [-0.3, -0.25) is 4.79 Å². The molecule has 2 aromatic carbocycles. The Kier molecular flexibility index (Phi) is 7.78. The van der Waals surface area contributed by atoms with Crippen LogP contribution in [0.4, 0.5) is 0 Å². The van der Waals surface area contributed by atoms with E-state index in [-0.39, 0.29) is 18.4 Å². The third kappa shape index (κ3) is 6.69. The topological polar surface area (TPSA) is 60.5 Å². The maximum absolute atomic E-state index is 12.3. The number of hydrogen-bond donors (Lipinski definition) is 1. The standard InChI is InChI=1S/C23H26N2O3S/c1-3-27-17(2)23-25-20(16-29-23)13-22(26)24-14-19-10-7-11-21(12-19)28-15-18-8-5-4-6-9-18/h4-12,16-17H,3,13-15H2,1-2H3,(H,24,26). The lowest BCUT2D eigenvalue weighted by Gasteiger charge is -2.09. The van der Waals surface area contributed by atoms with Crippen LogP contribution in [0, 0.1) is 0 Å². The molecule has 1 heterocycles. The van der Waals surface area contributed by atoms with E-state index in [1.165, 1.54) is 11.3 Å². The van der Waals surface area contributed by atoms with E-state index in [0.717, 1.165) is 27.6 Å². The number of thiazole rings is 1. The van der Waals surface area contributed by atoms with E-state index in [1.807, 2.05) is 73.8 Å². The number of hydrogen-bond acceptors (Lipinski definition) is 5. The highest BCUT2D eigenvalue weighted by molar-refractivity contribution is 7.09. The van der Waals surface area contributed by atoms with Gasteiger partial charge in [0.05, 0.1) is 12.1 Å². The molecule has 1 atom stereocenters. The zero-order valence-electron chi connectivity index (χ0n) is 16.8. The van der Waals surface area contributed by atoms with Gasteiger partial charge in [-0.25, -0.2) is 4.98 Å². The fraction of sp³-hybridized carbons (Fsp3) is 0.304. The Morgan fingerprint density at radius 2 is 1.93 bits per heavy atom. The van der Waals surface area contributed by atoms with E-state index >= 15 is 0 Å². The molecule has 1 amide bonds. The molecule has 1 aromatic heterocycles. The molecule has 0 saturated heterocycles. The molecule has 0 bridgehead atoms. The Hall–Kier alpha value is -2.70. The van der Waals surface area contributed by atoms with Gasteiger partial charge in [0.1, 0.15) is 23.5 Å². The zero-order valence-corrected chi connectivity index (χ0v) is 17.6. The van der Waals surface area contributed by atoms with Crippen molar-refractivity contribution in [1.82, 2.24) is 10.3 Å². The van der Waals surface area contributed by atoms with Crippen molar-refractivity contribution >= 4 is 17.2 Å². The molecule has 29 heavy (non-hydrogen) atoms. The number of nitrogens with one attached hydrogen (secondary N) is 1. The molecular weight excluding hydrogens is 384 g/mol. The predicted molar refractivity (Wildman–Crippen MR) is 115 cm³/mol. The molecule has 0 aliphatic carbocycles. The first-order valence-electron chi connectivity index (χ1n) is 9.72. The predicted octanol–water partition coefficient (Wildman–Crippen LogP) is 4.68. The molecule has 1 N–H and O–H groups in total. The Bertz CT molecular complexity index is 911. The van der Waals surface area contributed by atoms with Crippen LogP contribution in [0.25, 0.3) is 0 Å². The minimum absolute atomic E-state index is 0.0413. The third-order valence-corrected chi connectivity index (χ3v) is 5.37. The van der Waals surface area contributed by atoms with Gasteiger partial charge in [0.2, 0.25) is 5.91 Å². The van der Waals surface area contributed by atoms with E-state index < -0.39 is 0 Å². The summed E-state index contributed by atoms with van der Waals surface area (Å²) in [4.78, 5) is 16.8.